The molecule has 0 spiro atoms. The minimum atomic E-state index is -1.09. The molecule has 76 valence electrons. The summed E-state index contributed by atoms with van der Waals surface area (Å²) in [4.78, 5) is 10.4. The normalized spacial score (nSPS) is 35.1. The van der Waals surface area contributed by atoms with E-state index in [1.54, 1.807) is 6.92 Å². The quantitative estimate of drug-likeness (QED) is 0.457. The van der Waals surface area contributed by atoms with Gasteiger partial charge in [-0.2, -0.15) is 0 Å². The average molecular weight is 188 g/mol. The van der Waals surface area contributed by atoms with Gasteiger partial charge < -0.3 is 20.8 Å². The minimum Gasteiger partial charge on any atom is -0.465 e. The van der Waals surface area contributed by atoms with Crippen molar-refractivity contribution in [3.05, 3.63) is 0 Å². The van der Waals surface area contributed by atoms with Crippen LogP contribution in [0.15, 0.2) is 0 Å². The standard InChI is InChI=1S/C8H16N2O3/c1-8(13)3-2-4-9-5-6(8)10-7(11)12/h6,9-10,13H,2-5H2,1H3,(H,11,12)/t6-,8+/m1/s1. The number of nitrogens with one attached hydrogen (secondary N) is 2. The van der Waals surface area contributed by atoms with Gasteiger partial charge in [-0.25, -0.2) is 4.79 Å². The molecule has 1 heterocycles. The molecule has 0 aromatic heterocycles. The van der Waals surface area contributed by atoms with Crippen LogP contribution < -0.4 is 10.6 Å². The van der Waals surface area contributed by atoms with Crippen molar-refractivity contribution in [2.75, 3.05) is 13.1 Å². The van der Waals surface area contributed by atoms with Crippen LogP contribution in [0.1, 0.15) is 19.8 Å². The Morgan fingerprint density at radius 3 is 3.00 bits per heavy atom. The van der Waals surface area contributed by atoms with Crippen LogP contribution in [0.25, 0.3) is 0 Å². The number of hydrogen-bond acceptors (Lipinski definition) is 3. The van der Waals surface area contributed by atoms with Crippen LogP contribution in [-0.2, 0) is 0 Å². The lowest BCUT2D eigenvalue weighted by molar-refractivity contribution is 0.0182. The van der Waals surface area contributed by atoms with E-state index in [1.165, 1.54) is 0 Å². The molecule has 0 bridgehead atoms. The van der Waals surface area contributed by atoms with Gasteiger partial charge in [0.25, 0.3) is 0 Å². The maximum Gasteiger partial charge on any atom is 0.405 e. The first-order valence-corrected chi connectivity index (χ1v) is 4.45. The second kappa shape index (κ2) is 3.93. The maximum absolute atomic E-state index is 10.4. The van der Waals surface area contributed by atoms with Gasteiger partial charge in [-0.3, -0.25) is 0 Å². The molecular weight excluding hydrogens is 172 g/mol. The summed E-state index contributed by atoms with van der Waals surface area (Å²) in [7, 11) is 0. The second-order valence-corrected chi connectivity index (χ2v) is 3.67. The molecule has 1 aliphatic heterocycles. The van der Waals surface area contributed by atoms with E-state index in [9.17, 15) is 9.90 Å². The SMILES string of the molecule is C[C@]1(O)CCCNC[C@H]1NC(=O)O. The van der Waals surface area contributed by atoms with E-state index in [2.05, 4.69) is 10.6 Å². The van der Waals surface area contributed by atoms with Crippen molar-refractivity contribution >= 4 is 6.09 Å². The monoisotopic (exact) mass is 188 g/mol. The Labute approximate surface area is 77.1 Å². The Hall–Kier alpha value is -0.810. The van der Waals surface area contributed by atoms with E-state index in [1.807, 2.05) is 0 Å². The van der Waals surface area contributed by atoms with Gasteiger partial charge in [0.2, 0.25) is 0 Å². The fourth-order valence-electron chi connectivity index (χ4n) is 1.57. The molecule has 13 heavy (non-hydrogen) atoms. The van der Waals surface area contributed by atoms with Crippen molar-refractivity contribution in [2.45, 2.75) is 31.4 Å². The summed E-state index contributed by atoms with van der Waals surface area (Å²) in [5, 5.41) is 23.8. The van der Waals surface area contributed by atoms with Crippen molar-refractivity contribution in [3.63, 3.8) is 0 Å². The lowest BCUT2D eigenvalue weighted by Gasteiger charge is -2.30. The molecule has 0 radical (unpaired) electrons. The highest BCUT2D eigenvalue weighted by atomic mass is 16.4. The highest BCUT2D eigenvalue weighted by molar-refractivity contribution is 5.65. The zero-order valence-corrected chi connectivity index (χ0v) is 7.71. The van der Waals surface area contributed by atoms with Crippen molar-refractivity contribution < 1.29 is 15.0 Å². The zero-order valence-electron chi connectivity index (χ0n) is 7.71. The second-order valence-electron chi connectivity index (χ2n) is 3.67. The molecule has 0 aromatic rings. The van der Waals surface area contributed by atoms with Crippen LogP contribution in [0.4, 0.5) is 4.79 Å². The summed E-state index contributed by atoms with van der Waals surface area (Å²) in [5.41, 5.74) is -0.943. The van der Waals surface area contributed by atoms with Gasteiger partial charge in [-0.1, -0.05) is 0 Å². The van der Waals surface area contributed by atoms with Gasteiger partial charge in [0.05, 0.1) is 11.6 Å². The smallest absolute Gasteiger partial charge is 0.405 e. The van der Waals surface area contributed by atoms with Crippen LogP contribution in [0.3, 0.4) is 0 Å². The molecule has 0 aromatic carbocycles. The topological polar surface area (TPSA) is 81.6 Å². The van der Waals surface area contributed by atoms with E-state index in [4.69, 9.17) is 5.11 Å². The largest absolute Gasteiger partial charge is 0.465 e. The Kier molecular flexibility index (Phi) is 3.11. The van der Waals surface area contributed by atoms with Crippen LogP contribution in [0, 0.1) is 0 Å². The molecule has 0 unspecified atom stereocenters. The molecule has 4 N–H and O–H groups in total. The van der Waals surface area contributed by atoms with Crippen molar-refractivity contribution in [2.24, 2.45) is 0 Å². The minimum absolute atomic E-state index is 0.424. The number of carboxylic acid groups (broad SMARTS) is 1. The van der Waals surface area contributed by atoms with E-state index in [0.29, 0.717) is 13.0 Å². The summed E-state index contributed by atoms with van der Waals surface area (Å²) in [6.07, 6.45) is 0.393. The lowest BCUT2D eigenvalue weighted by atomic mass is 9.92. The number of amides is 1. The third-order valence-electron chi connectivity index (χ3n) is 2.43. The zero-order chi connectivity index (χ0) is 9.90. The van der Waals surface area contributed by atoms with Crippen molar-refractivity contribution in [1.82, 2.24) is 10.6 Å². The predicted octanol–water partition coefficient (Wildman–Crippen LogP) is -0.243. The third kappa shape index (κ3) is 2.86. The maximum atomic E-state index is 10.4. The van der Waals surface area contributed by atoms with Crippen LogP contribution in [-0.4, -0.2) is 41.0 Å². The van der Waals surface area contributed by atoms with Gasteiger partial charge in [0, 0.05) is 6.54 Å². The van der Waals surface area contributed by atoms with E-state index in [0.717, 1.165) is 13.0 Å². The molecular formula is C8H16N2O3. The summed E-state index contributed by atoms with van der Waals surface area (Å²) < 4.78 is 0. The molecule has 1 fully saturated rings. The molecule has 1 saturated heterocycles. The summed E-state index contributed by atoms with van der Waals surface area (Å²) in [6.45, 7) is 2.98. The van der Waals surface area contributed by atoms with Crippen molar-refractivity contribution in [3.8, 4) is 0 Å². The summed E-state index contributed by atoms with van der Waals surface area (Å²) >= 11 is 0. The number of hydrogen-bond donors (Lipinski definition) is 4. The Balaban J connectivity index is 2.60. The van der Waals surface area contributed by atoms with Gasteiger partial charge in [-0.15, -0.1) is 0 Å². The third-order valence-corrected chi connectivity index (χ3v) is 2.43. The summed E-state index contributed by atoms with van der Waals surface area (Å²) in [6, 6.07) is -0.424. The Morgan fingerprint density at radius 2 is 2.38 bits per heavy atom. The fourth-order valence-corrected chi connectivity index (χ4v) is 1.57. The predicted molar refractivity (Wildman–Crippen MR) is 47.7 cm³/mol. The van der Waals surface area contributed by atoms with Gasteiger partial charge >= 0.3 is 6.09 Å². The number of rotatable bonds is 1. The molecule has 0 aliphatic carbocycles. The van der Waals surface area contributed by atoms with Crippen LogP contribution in [0.5, 0.6) is 0 Å². The van der Waals surface area contributed by atoms with E-state index in [-0.39, 0.29) is 0 Å². The molecule has 2 atom stereocenters. The number of aliphatic hydroxyl groups is 1. The first-order valence-electron chi connectivity index (χ1n) is 4.45. The van der Waals surface area contributed by atoms with Crippen molar-refractivity contribution in [1.29, 1.82) is 0 Å². The molecule has 1 amide bonds. The molecule has 1 aliphatic rings. The van der Waals surface area contributed by atoms with E-state index < -0.39 is 17.7 Å². The van der Waals surface area contributed by atoms with Gasteiger partial charge in [0.1, 0.15) is 0 Å². The van der Waals surface area contributed by atoms with Crippen LogP contribution >= 0.6 is 0 Å². The highest BCUT2D eigenvalue weighted by Crippen LogP contribution is 2.18. The lowest BCUT2D eigenvalue weighted by Crippen LogP contribution is -2.53. The molecule has 0 saturated carbocycles. The average Bonchev–Trinajstić information content (AvgIpc) is 2.13. The number of carbonyl (C=O) groups is 1. The first-order chi connectivity index (χ1) is 6.02. The van der Waals surface area contributed by atoms with Gasteiger partial charge in [-0.05, 0) is 26.3 Å². The first kappa shape index (κ1) is 10.3. The fraction of sp³-hybridized carbons (Fsp3) is 0.875. The highest BCUT2D eigenvalue weighted by Gasteiger charge is 2.33. The molecule has 5 nitrogen and oxygen atoms in total. The Bertz CT molecular complexity index is 194. The molecule has 1 rings (SSSR count). The molecule has 5 heteroatoms. The van der Waals surface area contributed by atoms with Gasteiger partial charge in [0.15, 0.2) is 0 Å². The Morgan fingerprint density at radius 1 is 1.69 bits per heavy atom. The van der Waals surface area contributed by atoms with Crippen LogP contribution in [0.2, 0.25) is 0 Å². The van der Waals surface area contributed by atoms with E-state index >= 15 is 0 Å². The summed E-state index contributed by atoms with van der Waals surface area (Å²) in [5.74, 6) is 0.